The predicted molar refractivity (Wildman–Crippen MR) is 59.1 cm³/mol. The molecule has 0 atom stereocenters. The van der Waals surface area contributed by atoms with Gasteiger partial charge in [-0.2, -0.15) is 0 Å². The Morgan fingerprint density at radius 3 is 2.53 bits per heavy atom. The van der Waals surface area contributed by atoms with Crippen LogP contribution in [0.2, 0.25) is 0 Å². The van der Waals surface area contributed by atoms with E-state index in [1.54, 1.807) is 0 Å². The van der Waals surface area contributed by atoms with E-state index in [0.717, 1.165) is 19.3 Å². The lowest BCUT2D eigenvalue weighted by atomic mass is 10.2. The molecule has 0 aliphatic heterocycles. The molecule has 84 valence electrons. The van der Waals surface area contributed by atoms with Gasteiger partial charge in [-0.1, -0.05) is 26.7 Å². The van der Waals surface area contributed by atoms with Crippen LogP contribution < -0.4 is 5.56 Å². The Morgan fingerprint density at radius 2 is 2.00 bits per heavy atom. The highest BCUT2D eigenvalue weighted by Gasteiger charge is 2.08. The molecule has 0 bridgehead atoms. The van der Waals surface area contributed by atoms with Crippen LogP contribution in [0.25, 0.3) is 0 Å². The number of nitrogens with zero attached hydrogens (tertiary/aromatic N) is 1. The topological polar surface area (TPSA) is 66.0 Å². The number of aromatic hydroxyl groups is 1. The molecule has 15 heavy (non-hydrogen) atoms. The van der Waals surface area contributed by atoms with Crippen molar-refractivity contribution in [1.82, 2.24) is 9.97 Å². The Hall–Kier alpha value is -1.32. The van der Waals surface area contributed by atoms with Gasteiger partial charge in [-0.15, -0.1) is 0 Å². The van der Waals surface area contributed by atoms with Crippen LogP contribution in [-0.2, 0) is 12.8 Å². The van der Waals surface area contributed by atoms with Gasteiger partial charge in [0.2, 0.25) is 5.88 Å². The summed E-state index contributed by atoms with van der Waals surface area (Å²) < 4.78 is 0. The number of unbranched alkanes of at least 4 members (excludes halogenated alkanes) is 1. The molecular formula is C11H18N2O2. The SMILES string of the molecule is CCCCc1nc(O)c(CCC)c(=O)[nH]1. The predicted octanol–water partition coefficient (Wildman–Crippen LogP) is 1.77. The summed E-state index contributed by atoms with van der Waals surface area (Å²) in [6.45, 7) is 4.04. The second-order valence-corrected chi connectivity index (χ2v) is 3.67. The van der Waals surface area contributed by atoms with E-state index in [9.17, 15) is 9.90 Å². The zero-order valence-electron chi connectivity index (χ0n) is 9.34. The fraction of sp³-hybridized carbons (Fsp3) is 0.636. The molecule has 1 aromatic rings. The maximum absolute atomic E-state index is 11.6. The molecule has 4 heteroatoms. The minimum Gasteiger partial charge on any atom is -0.493 e. The molecule has 0 saturated heterocycles. The zero-order chi connectivity index (χ0) is 11.3. The molecule has 0 spiro atoms. The number of hydrogen-bond acceptors (Lipinski definition) is 3. The number of H-pyrrole nitrogens is 1. The third-order valence-corrected chi connectivity index (χ3v) is 2.31. The monoisotopic (exact) mass is 210 g/mol. The molecule has 0 aromatic carbocycles. The molecule has 0 saturated carbocycles. The van der Waals surface area contributed by atoms with E-state index in [4.69, 9.17) is 0 Å². The maximum atomic E-state index is 11.6. The molecule has 0 aliphatic rings. The average molecular weight is 210 g/mol. The molecular weight excluding hydrogens is 192 g/mol. The van der Waals surface area contributed by atoms with Crippen molar-refractivity contribution >= 4 is 0 Å². The molecule has 0 radical (unpaired) electrons. The summed E-state index contributed by atoms with van der Waals surface area (Å²) in [4.78, 5) is 18.3. The summed E-state index contributed by atoms with van der Waals surface area (Å²) in [6.07, 6.45) is 4.12. The van der Waals surface area contributed by atoms with Gasteiger partial charge in [0.05, 0.1) is 5.56 Å². The summed E-state index contributed by atoms with van der Waals surface area (Å²) in [5.41, 5.74) is 0.202. The second kappa shape index (κ2) is 5.53. The fourth-order valence-corrected chi connectivity index (χ4v) is 1.47. The van der Waals surface area contributed by atoms with Gasteiger partial charge in [-0.3, -0.25) is 4.79 Å². The van der Waals surface area contributed by atoms with Gasteiger partial charge in [0.15, 0.2) is 0 Å². The molecule has 0 aliphatic carbocycles. The van der Waals surface area contributed by atoms with Crippen LogP contribution in [0.3, 0.4) is 0 Å². The van der Waals surface area contributed by atoms with Crippen molar-refractivity contribution in [1.29, 1.82) is 0 Å². The van der Waals surface area contributed by atoms with E-state index in [0.29, 0.717) is 24.2 Å². The van der Waals surface area contributed by atoms with Crippen LogP contribution in [0, 0.1) is 0 Å². The largest absolute Gasteiger partial charge is 0.493 e. The summed E-state index contributed by atoms with van der Waals surface area (Å²) in [7, 11) is 0. The average Bonchev–Trinajstić information content (AvgIpc) is 2.20. The third-order valence-electron chi connectivity index (χ3n) is 2.31. The van der Waals surface area contributed by atoms with Crippen molar-refractivity contribution in [3.8, 4) is 5.88 Å². The maximum Gasteiger partial charge on any atom is 0.257 e. The number of aromatic nitrogens is 2. The van der Waals surface area contributed by atoms with Gasteiger partial charge in [0.1, 0.15) is 5.82 Å². The first-order valence-electron chi connectivity index (χ1n) is 5.50. The molecule has 0 fully saturated rings. The highest BCUT2D eigenvalue weighted by molar-refractivity contribution is 5.22. The van der Waals surface area contributed by atoms with E-state index in [1.807, 2.05) is 6.92 Å². The van der Waals surface area contributed by atoms with Crippen molar-refractivity contribution in [3.63, 3.8) is 0 Å². The lowest BCUT2D eigenvalue weighted by Gasteiger charge is -2.04. The van der Waals surface area contributed by atoms with E-state index >= 15 is 0 Å². The Bertz CT molecular complexity index is 371. The lowest BCUT2D eigenvalue weighted by molar-refractivity contribution is 0.438. The Labute approximate surface area is 89.4 Å². The number of hydrogen-bond donors (Lipinski definition) is 2. The fourth-order valence-electron chi connectivity index (χ4n) is 1.47. The van der Waals surface area contributed by atoms with E-state index in [-0.39, 0.29) is 11.4 Å². The first-order valence-corrected chi connectivity index (χ1v) is 5.50. The van der Waals surface area contributed by atoms with E-state index in [2.05, 4.69) is 16.9 Å². The van der Waals surface area contributed by atoms with Crippen LogP contribution >= 0.6 is 0 Å². The first-order chi connectivity index (χ1) is 7.19. The number of rotatable bonds is 5. The third kappa shape index (κ3) is 3.08. The first kappa shape index (κ1) is 11.8. The highest BCUT2D eigenvalue weighted by atomic mass is 16.3. The van der Waals surface area contributed by atoms with E-state index < -0.39 is 0 Å². The number of nitrogens with one attached hydrogen (secondary N) is 1. The smallest absolute Gasteiger partial charge is 0.257 e. The van der Waals surface area contributed by atoms with Crippen molar-refractivity contribution in [3.05, 3.63) is 21.7 Å². The van der Waals surface area contributed by atoms with Crippen molar-refractivity contribution in [2.45, 2.75) is 46.0 Å². The Morgan fingerprint density at radius 1 is 1.27 bits per heavy atom. The molecule has 0 unspecified atom stereocenters. The number of aromatic amines is 1. The normalized spacial score (nSPS) is 10.5. The van der Waals surface area contributed by atoms with Gasteiger partial charge in [-0.25, -0.2) is 4.98 Å². The molecule has 4 nitrogen and oxygen atoms in total. The quantitative estimate of drug-likeness (QED) is 0.778. The standard InChI is InChI=1S/C11H18N2O2/c1-3-5-7-9-12-10(14)8(6-4-2)11(15)13-9/h3-7H2,1-2H3,(H2,12,13,14,15). The Balaban J connectivity index is 2.92. The molecule has 0 amide bonds. The van der Waals surface area contributed by atoms with Crippen LogP contribution in [0.4, 0.5) is 0 Å². The van der Waals surface area contributed by atoms with Gasteiger partial charge in [-0.05, 0) is 12.8 Å². The molecule has 1 aromatic heterocycles. The minimum atomic E-state index is -0.199. The summed E-state index contributed by atoms with van der Waals surface area (Å²) >= 11 is 0. The summed E-state index contributed by atoms with van der Waals surface area (Å²) in [6, 6.07) is 0. The van der Waals surface area contributed by atoms with Crippen molar-refractivity contribution in [2.75, 3.05) is 0 Å². The van der Waals surface area contributed by atoms with Crippen LogP contribution in [-0.4, -0.2) is 15.1 Å². The lowest BCUT2D eigenvalue weighted by Crippen LogP contribution is -2.16. The summed E-state index contributed by atoms with van der Waals surface area (Å²) in [5, 5.41) is 9.57. The van der Waals surface area contributed by atoms with E-state index in [1.165, 1.54) is 0 Å². The highest BCUT2D eigenvalue weighted by Crippen LogP contribution is 2.11. The molecule has 1 rings (SSSR count). The molecule has 1 heterocycles. The van der Waals surface area contributed by atoms with Crippen LogP contribution in [0.5, 0.6) is 5.88 Å². The number of aryl methyl sites for hydroxylation is 1. The second-order valence-electron chi connectivity index (χ2n) is 3.67. The Kier molecular flexibility index (Phi) is 4.34. The van der Waals surface area contributed by atoms with Crippen LogP contribution in [0.15, 0.2) is 4.79 Å². The zero-order valence-corrected chi connectivity index (χ0v) is 9.34. The summed E-state index contributed by atoms with van der Waals surface area (Å²) in [5.74, 6) is 0.478. The minimum absolute atomic E-state index is 0.105. The van der Waals surface area contributed by atoms with Crippen molar-refractivity contribution in [2.24, 2.45) is 0 Å². The molecule has 2 N–H and O–H groups in total. The van der Waals surface area contributed by atoms with Crippen LogP contribution in [0.1, 0.15) is 44.5 Å². The van der Waals surface area contributed by atoms with Gasteiger partial charge in [0.25, 0.3) is 5.56 Å². The van der Waals surface area contributed by atoms with Gasteiger partial charge >= 0.3 is 0 Å². The van der Waals surface area contributed by atoms with Crippen molar-refractivity contribution < 1.29 is 5.11 Å². The van der Waals surface area contributed by atoms with Gasteiger partial charge in [0, 0.05) is 6.42 Å². The van der Waals surface area contributed by atoms with Gasteiger partial charge < -0.3 is 10.1 Å².